The van der Waals surface area contributed by atoms with Crippen LogP contribution in [0.25, 0.3) is 0 Å². The molecule has 5 heteroatoms. The summed E-state index contributed by atoms with van der Waals surface area (Å²) >= 11 is 0. The summed E-state index contributed by atoms with van der Waals surface area (Å²) in [6.45, 7) is 0. The summed E-state index contributed by atoms with van der Waals surface area (Å²) in [5.74, 6) is 0.412. The first-order valence-electron chi connectivity index (χ1n) is 8.11. The van der Waals surface area contributed by atoms with Crippen LogP contribution < -0.4 is 15.4 Å². The van der Waals surface area contributed by atoms with E-state index in [4.69, 9.17) is 4.74 Å². The Labute approximate surface area is 141 Å². The molecule has 0 saturated heterocycles. The lowest BCUT2D eigenvalue weighted by atomic mass is 9.88. The first-order chi connectivity index (χ1) is 11.6. The van der Waals surface area contributed by atoms with Crippen molar-refractivity contribution in [3.63, 3.8) is 0 Å². The maximum absolute atomic E-state index is 13.3. The molecule has 0 atom stereocenters. The minimum Gasteiger partial charge on any atom is -0.497 e. The Hall–Kier alpha value is -2.56. The van der Waals surface area contributed by atoms with Crippen LogP contribution in [-0.2, 0) is 5.54 Å². The normalized spacial score (nSPS) is 15.8. The van der Waals surface area contributed by atoms with Gasteiger partial charge >= 0.3 is 6.03 Å². The van der Waals surface area contributed by atoms with E-state index in [-0.39, 0.29) is 17.4 Å². The number of halogens is 1. The van der Waals surface area contributed by atoms with Gasteiger partial charge in [-0.3, -0.25) is 0 Å². The van der Waals surface area contributed by atoms with Crippen molar-refractivity contribution in [1.82, 2.24) is 5.32 Å². The second-order valence-corrected chi connectivity index (χ2v) is 6.11. The Morgan fingerprint density at radius 3 is 2.46 bits per heavy atom. The molecule has 0 radical (unpaired) electrons. The summed E-state index contributed by atoms with van der Waals surface area (Å²) in [5, 5.41) is 5.81. The van der Waals surface area contributed by atoms with Gasteiger partial charge in [-0.2, -0.15) is 0 Å². The lowest BCUT2D eigenvalue weighted by Gasteiger charge is -2.31. The van der Waals surface area contributed by atoms with E-state index >= 15 is 0 Å². The van der Waals surface area contributed by atoms with Crippen LogP contribution >= 0.6 is 0 Å². The van der Waals surface area contributed by atoms with Gasteiger partial charge < -0.3 is 15.4 Å². The van der Waals surface area contributed by atoms with Crippen LogP contribution in [0.1, 0.15) is 31.2 Å². The minimum atomic E-state index is -0.385. The summed E-state index contributed by atoms with van der Waals surface area (Å²) in [5.41, 5.74) is 1.12. The highest BCUT2D eigenvalue weighted by Crippen LogP contribution is 2.39. The van der Waals surface area contributed by atoms with Crippen molar-refractivity contribution in [2.24, 2.45) is 0 Å². The van der Waals surface area contributed by atoms with Gasteiger partial charge in [-0.15, -0.1) is 0 Å². The third-order valence-electron chi connectivity index (χ3n) is 4.54. The van der Waals surface area contributed by atoms with Gasteiger partial charge in [-0.1, -0.05) is 31.0 Å². The fraction of sp³-hybridized carbons (Fsp3) is 0.316. The highest BCUT2D eigenvalue weighted by molar-refractivity contribution is 5.89. The number of carbonyl (C=O) groups excluding carboxylic acids is 1. The number of rotatable bonds is 4. The molecule has 1 fully saturated rings. The summed E-state index contributed by atoms with van der Waals surface area (Å²) in [6, 6.07) is 13.4. The largest absolute Gasteiger partial charge is 0.497 e. The molecule has 0 aliphatic heterocycles. The number of carbonyl (C=O) groups is 1. The Balaban J connectivity index is 1.76. The quantitative estimate of drug-likeness (QED) is 0.872. The van der Waals surface area contributed by atoms with Gasteiger partial charge in [0, 0.05) is 5.69 Å². The Bertz CT molecular complexity index is 710. The van der Waals surface area contributed by atoms with E-state index in [1.54, 1.807) is 19.2 Å². The zero-order chi connectivity index (χ0) is 17.0. The number of methoxy groups -OCH3 is 1. The zero-order valence-corrected chi connectivity index (χ0v) is 13.6. The standard InChI is InChI=1S/C19H21FN2O2/c1-24-17-9-7-14(8-10-17)19(11-2-3-12-19)22-18(23)21-16-6-4-5-15(20)13-16/h4-10,13H,2-3,11-12H2,1H3,(H2,21,22,23). The van der Waals surface area contributed by atoms with E-state index in [9.17, 15) is 9.18 Å². The molecule has 0 unspecified atom stereocenters. The molecular weight excluding hydrogens is 307 g/mol. The van der Waals surface area contributed by atoms with Crippen LogP contribution in [0.2, 0.25) is 0 Å². The van der Waals surface area contributed by atoms with Crippen LogP contribution in [0.15, 0.2) is 48.5 Å². The summed E-state index contributed by atoms with van der Waals surface area (Å²) < 4.78 is 18.5. The van der Waals surface area contributed by atoms with Gasteiger partial charge in [-0.05, 0) is 48.7 Å². The highest BCUT2D eigenvalue weighted by Gasteiger charge is 2.37. The van der Waals surface area contributed by atoms with Crippen LogP contribution in [0.3, 0.4) is 0 Å². The molecule has 0 spiro atoms. The SMILES string of the molecule is COc1ccc(C2(NC(=O)Nc3cccc(F)c3)CCCC2)cc1. The molecule has 0 heterocycles. The Morgan fingerprint density at radius 1 is 1.12 bits per heavy atom. The molecule has 3 rings (SSSR count). The summed E-state index contributed by atoms with van der Waals surface area (Å²) in [4.78, 5) is 12.4. The monoisotopic (exact) mass is 328 g/mol. The summed E-state index contributed by atoms with van der Waals surface area (Å²) in [6.07, 6.45) is 3.89. The van der Waals surface area contributed by atoms with Crippen LogP contribution in [0.4, 0.5) is 14.9 Å². The number of benzene rings is 2. The molecular formula is C19H21FN2O2. The molecule has 0 bridgehead atoms. The van der Waals surface area contributed by atoms with Gasteiger partial charge in [0.25, 0.3) is 0 Å². The van der Waals surface area contributed by atoms with Crippen molar-refractivity contribution in [1.29, 1.82) is 0 Å². The molecule has 24 heavy (non-hydrogen) atoms. The van der Waals surface area contributed by atoms with Crippen molar-refractivity contribution >= 4 is 11.7 Å². The van der Waals surface area contributed by atoms with Crippen molar-refractivity contribution in [2.75, 3.05) is 12.4 Å². The van der Waals surface area contributed by atoms with E-state index < -0.39 is 0 Å². The van der Waals surface area contributed by atoms with Gasteiger partial charge in [-0.25, -0.2) is 9.18 Å². The van der Waals surface area contributed by atoms with Gasteiger partial charge in [0.2, 0.25) is 0 Å². The molecule has 2 aromatic rings. The zero-order valence-electron chi connectivity index (χ0n) is 13.6. The second-order valence-electron chi connectivity index (χ2n) is 6.11. The van der Waals surface area contributed by atoms with Crippen LogP contribution in [0.5, 0.6) is 5.75 Å². The fourth-order valence-electron chi connectivity index (χ4n) is 3.32. The summed E-state index contributed by atoms with van der Waals surface area (Å²) in [7, 11) is 1.63. The number of amides is 2. The molecule has 1 saturated carbocycles. The number of nitrogens with one attached hydrogen (secondary N) is 2. The fourth-order valence-corrected chi connectivity index (χ4v) is 3.32. The van der Waals surface area contributed by atoms with Gasteiger partial charge in [0.05, 0.1) is 12.6 Å². The molecule has 0 aromatic heterocycles. The first kappa shape index (κ1) is 16.3. The molecule has 4 nitrogen and oxygen atoms in total. The number of hydrogen-bond acceptors (Lipinski definition) is 2. The average molecular weight is 328 g/mol. The minimum absolute atomic E-state index is 0.321. The molecule has 126 valence electrons. The molecule has 2 N–H and O–H groups in total. The van der Waals surface area contributed by atoms with E-state index in [1.807, 2.05) is 24.3 Å². The smallest absolute Gasteiger partial charge is 0.319 e. The maximum Gasteiger partial charge on any atom is 0.319 e. The molecule has 2 amide bonds. The number of ether oxygens (including phenoxy) is 1. The third kappa shape index (κ3) is 3.50. The predicted molar refractivity (Wildman–Crippen MR) is 91.7 cm³/mol. The van der Waals surface area contributed by atoms with Crippen molar-refractivity contribution in [2.45, 2.75) is 31.2 Å². The lowest BCUT2D eigenvalue weighted by molar-refractivity contribution is 0.236. The third-order valence-corrected chi connectivity index (χ3v) is 4.54. The number of anilines is 1. The van der Waals surface area contributed by atoms with E-state index in [1.165, 1.54) is 12.1 Å². The van der Waals surface area contributed by atoms with Gasteiger partial charge in [0.15, 0.2) is 0 Å². The Morgan fingerprint density at radius 2 is 1.83 bits per heavy atom. The molecule has 1 aliphatic rings. The number of hydrogen-bond donors (Lipinski definition) is 2. The van der Waals surface area contributed by atoms with Crippen molar-refractivity contribution < 1.29 is 13.9 Å². The van der Waals surface area contributed by atoms with Crippen molar-refractivity contribution in [3.05, 3.63) is 59.9 Å². The first-order valence-corrected chi connectivity index (χ1v) is 8.11. The van der Waals surface area contributed by atoms with E-state index in [2.05, 4.69) is 10.6 Å². The van der Waals surface area contributed by atoms with E-state index in [0.717, 1.165) is 37.0 Å². The van der Waals surface area contributed by atoms with Crippen LogP contribution in [-0.4, -0.2) is 13.1 Å². The van der Waals surface area contributed by atoms with E-state index in [0.29, 0.717) is 5.69 Å². The van der Waals surface area contributed by atoms with Gasteiger partial charge in [0.1, 0.15) is 11.6 Å². The van der Waals surface area contributed by atoms with Crippen LogP contribution in [0, 0.1) is 5.82 Å². The average Bonchev–Trinajstić information content (AvgIpc) is 3.04. The Kier molecular flexibility index (Phi) is 4.69. The lowest BCUT2D eigenvalue weighted by Crippen LogP contribution is -2.45. The maximum atomic E-state index is 13.3. The number of urea groups is 1. The topological polar surface area (TPSA) is 50.4 Å². The molecule has 2 aromatic carbocycles. The highest BCUT2D eigenvalue weighted by atomic mass is 19.1. The van der Waals surface area contributed by atoms with Crippen molar-refractivity contribution in [3.8, 4) is 5.75 Å². The second kappa shape index (κ2) is 6.91. The predicted octanol–water partition coefficient (Wildman–Crippen LogP) is 4.43. The molecule has 1 aliphatic carbocycles.